The van der Waals surface area contributed by atoms with Crippen LogP contribution in [0.1, 0.15) is 41.0 Å². The molecular weight excluding hydrogens is 268 g/mol. The fraction of sp³-hybridized carbons (Fsp3) is 0.333. The first-order chi connectivity index (χ1) is 9.65. The van der Waals surface area contributed by atoms with Crippen molar-refractivity contribution in [1.82, 2.24) is 0 Å². The summed E-state index contributed by atoms with van der Waals surface area (Å²) >= 11 is 6.59. The van der Waals surface area contributed by atoms with E-state index in [4.69, 9.17) is 16.3 Å². The summed E-state index contributed by atoms with van der Waals surface area (Å²) in [5.74, 6) is 0.885. The van der Waals surface area contributed by atoms with Crippen LogP contribution in [0.4, 0.5) is 0 Å². The highest BCUT2D eigenvalue weighted by molar-refractivity contribution is 6.22. The van der Waals surface area contributed by atoms with Crippen molar-refractivity contribution in [2.24, 2.45) is 0 Å². The third-order valence-corrected chi connectivity index (χ3v) is 4.04. The number of aryl methyl sites for hydroxylation is 2. The summed E-state index contributed by atoms with van der Waals surface area (Å²) in [5, 5.41) is -0.139. The Hall–Kier alpha value is -1.47. The molecule has 2 aromatic rings. The van der Waals surface area contributed by atoms with E-state index in [-0.39, 0.29) is 5.38 Å². The summed E-state index contributed by atoms with van der Waals surface area (Å²) in [7, 11) is 1.69. The fourth-order valence-electron chi connectivity index (χ4n) is 2.33. The summed E-state index contributed by atoms with van der Waals surface area (Å²) in [5.41, 5.74) is 4.68. The molecule has 0 spiro atoms. The minimum atomic E-state index is -0.139. The van der Waals surface area contributed by atoms with E-state index in [1.165, 1.54) is 12.0 Å². The largest absolute Gasteiger partial charge is 0.496 e. The van der Waals surface area contributed by atoms with Gasteiger partial charge in [-0.25, -0.2) is 0 Å². The molecule has 1 atom stereocenters. The van der Waals surface area contributed by atoms with Crippen LogP contribution in [0.25, 0.3) is 0 Å². The van der Waals surface area contributed by atoms with E-state index >= 15 is 0 Å². The third kappa shape index (κ3) is 3.34. The first-order valence-electron chi connectivity index (χ1n) is 7.03. The quantitative estimate of drug-likeness (QED) is 0.680. The number of hydrogen-bond donors (Lipinski definition) is 0. The Morgan fingerprint density at radius 3 is 2.30 bits per heavy atom. The maximum Gasteiger partial charge on any atom is 0.122 e. The summed E-state index contributed by atoms with van der Waals surface area (Å²) < 4.78 is 5.36. The lowest BCUT2D eigenvalue weighted by molar-refractivity contribution is 0.411. The first kappa shape index (κ1) is 14.9. The second-order valence-corrected chi connectivity index (χ2v) is 5.52. The molecule has 1 nitrogen and oxygen atoms in total. The Labute approximate surface area is 126 Å². The van der Waals surface area contributed by atoms with Crippen LogP contribution >= 0.6 is 11.6 Å². The van der Waals surface area contributed by atoms with Gasteiger partial charge in [0.25, 0.3) is 0 Å². The summed E-state index contributed by atoms with van der Waals surface area (Å²) in [6.07, 6.45) is 2.28. The van der Waals surface area contributed by atoms with Crippen molar-refractivity contribution in [3.8, 4) is 5.75 Å². The Bertz CT molecular complexity index is 560. The van der Waals surface area contributed by atoms with Crippen LogP contribution in [-0.4, -0.2) is 7.11 Å². The Morgan fingerprint density at radius 2 is 1.70 bits per heavy atom. The van der Waals surface area contributed by atoms with Gasteiger partial charge in [-0.3, -0.25) is 0 Å². The van der Waals surface area contributed by atoms with Gasteiger partial charge in [0, 0.05) is 0 Å². The van der Waals surface area contributed by atoms with Gasteiger partial charge < -0.3 is 4.74 Å². The second-order valence-electron chi connectivity index (χ2n) is 5.08. The topological polar surface area (TPSA) is 9.23 Å². The van der Waals surface area contributed by atoms with E-state index in [9.17, 15) is 0 Å². The van der Waals surface area contributed by atoms with Crippen molar-refractivity contribution in [1.29, 1.82) is 0 Å². The smallest absolute Gasteiger partial charge is 0.122 e. The molecule has 0 N–H and O–H groups in total. The van der Waals surface area contributed by atoms with Gasteiger partial charge in [0.05, 0.1) is 12.5 Å². The molecule has 0 fully saturated rings. The van der Waals surface area contributed by atoms with E-state index in [1.54, 1.807) is 7.11 Å². The van der Waals surface area contributed by atoms with Gasteiger partial charge in [-0.2, -0.15) is 0 Å². The minimum Gasteiger partial charge on any atom is -0.496 e. The summed E-state index contributed by atoms with van der Waals surface area (Å²) in [4.78, 5) is 0. The second kappa shape index (κ2) is 6.81. The number of benzene rings is 2. The van der Waals surface area contributed by atoms with E-state index in [0.717, 1.165) is 28.9 Å². The van der Waals surface area contributed by atoms with Crippen molar-refractivity contribution in [3.05, 3.63) is 64.7 Å². The van der Waals surface area contributed by atoms with Crippen LogP contribution in [-0.2, 0) is 6.42 Å². The highest BCUT2D eigenvalue weighted by Gasteiger charge is 2.12. The molecule has 0 radical (unpaired) electrons. The van der Waals surface area contributed by atoms with Crippen LogP contribution in [0, 0.1) is 6.92 Å². The molecule has 0 saturated heterocycles. The number of alkyl halides is 1. The number of rotatable bonds is 5. The molecule has 2 aromatic carbocycles. The molecule has 0 bridgehead atoms. The molecule has 0 aliphatic rings. The zero-order valence-corrected chi connectivity index (χ0v) is 13.1. The Morgan fingerprint density at radius 1 is 1.05 bits per heavy atom. The van der Waals surface area contributed by atoms with Crippen LogP contribution in [0.15, 0.2) is 42.5 Å². The van der Waals surface area contributed by atoms with Crippen LogP contribution in [0.2, 0.25) is 0 Å². The Balaban J connectivity index is 2.24. The Kier molecular flexibility index (Phi) is 5.08. The van der Waals surface area contributed by atoms with Crippen molar-refractivity contribution in [3.63, 3.8) is 0 Å². The minimum absolute atomic E-state index is 0.139. The third-order valence-electron chi connectivity index (χ3n) is 3.54. The van der Waals surface area contributed by atoms with Gasteiger partial charge in [0.15, 0.2) is 0 Å². The number of ether oxygens (including phenoxy) is 1. The number of hydrogen-bond acceptors (Lipinski definition) is 1. The van der Waals surface area contributed by atoms with Crippen molar-refractivity contribution in [2.75, 3.05) is 7.11 Å². The maximum atomic E-state index is 6.59. The van der Waals surface area contributed by atoms with Crippen molar-refractivity contribution >= 4 is 11.6 Å². The SMILES string of the molecule is CCCc1ccc(C(Cl)c2ccc(C)c(OC)c2)cc1. The average molecular weight is 289 g/mol. The van der Waals surface area contributed by atoms with Gasteiger partial charge in [0.2, 0.25) is 0 Å². The standard InChI is InChI=1S/C18H21ClO/c1-4-5-14-7-10-15(11-8-14)18(19)16-9-6-13(2)17(12-16)20-3/h6-12,18H,4-5H2,1-3H3. The summed E-state index contributed by atoms with van der Waals surface area (Å²) in [6, 6.07) is 14.7. The highest BCUT2D eigenvalue weighted by atomic mass is 35.5. The molecule has 1 unspecified atom stereocenters. The van der Waals surface area contributed by atoms with Crippen LogP contribution in [0.3, 0.4) is 0 Å². The maximum absolute atomic E-state index is 6.59. The zero-order chi connectivity index (χ0) is 14.5. The molecule has 0 saturated carbocycles. The van der Waals surface area contributed by atoms with Crippen molar-refractivity contribution < 1.29 is 4.74 Å². The number of methoxy groups -OCH3 is 1. The zero-order valence-electron chi connectivity index (χ0n) is 12.3. The predicted octanol–water partition coefficient (Wildman–Crippen LogP) is 5.28. The van der Waals surface area contributed by atoms with E-state index in [0.29, 0.717) is 0 Å². The average Bonchev–Trinajstić information content (AvgIpc) is 2.48. The highest BCUT2D eigenvalue weighted by Crippen LogP contribution is 2.32. The van der Waals surface area contributed by atoms with Gasteiger partial charge in [-0.1, -0.05) is 49.7 Å². The lowest BCUT2D eigenvalue weighted by Gasteiger charge is -2.13. The van der Waals surface area contributed by atoms with E-state index in [1.807, 2.05) is 13.0 Å². The lowest BCUT2D eigenvalue weighted by atomic mass is 10.0. The normalized spacial score (nSPS) is 12.2. The van der Waals surface area contributed by atoms with Crippen LogP contribution < -0.4 is 4.74 Å². The monoisotopic (exact) mass is 288 g/mol. The molecule has 0 amide bonds. The predicted molar refractivity (Wildman–Crippen MR) is 85.9 cm³/mol. The van der Waals surface area contributed by atoms with E-state index < -0.39 is 0 Å². The van der Waals surface area contributed by atoms with Gasteiger partial charge in [-0.05, 0) is 41.7 Å². The molecule has 20 heavy (non-hydrogen) atoms. The molecular formula is C18H21ClO. The molecule has 106 valence electrons. The van der Waals surface area contributed by atoms with Crippen molar-refractivity contribution in [2.45, 2.75) is 32.1 Å². The van der Waals surface area contributed by atoms with Gasteiger partial charge in [0.1, 0.15) is 5.75 Å². The molecule has 0 aromatic heterocycles. The molecule has 0 aliphatic carbocycles. The van der Waals surface area contributed by atoms with Gasteiger partial charge in [-0.15, -0.1) is 11.6 Å². The molecule has 2 rings (SSSR count). The first-order valence-corrected chi connectivity index (χ1v) is 7.46. The molecule has 2 heteroatoms. The fourth-order valence-corrected chi connectivity index (χ4v) is 2.61. The van der Waals surface area contributed by atoms with E-state index in [2.05, 4.69) is 43.3 Å². The molecule has 0 aliphatic heterocycles. The summed E-state index contributed by atoms with van der Waals surface area (Å²) in [6.45, 7) is 4.22. The lowest BCUT2D eigenvalue weighted by Crippen LogP contribution is -1.96. The van der Waals surface area contributed by atoms with Gasteiger partial charge >= 0.3 is 0 Å². The molecule has 0 heterocycles. The number of halogens is 1. The van der Waals surface area contributed by atoms with Crippen LogP contribution in [0.5, 0.6) is 5.75 Å².